The van der Waals surface area contributed by atoms with E-state index in [4.69, 9.17) is 0 Å². The Morgan fingerprint density at radius 2 is 1.96 bits per heavy atom. The van der Waals surface area contributed by atoms with Crippen molar-refractivity contribution in [2.45, 2.75) is 33.1 Å². The smallest absolute Gasteiger partial charge is 0.251 e. The molecule has 3 rings (SSSR count). The molecule has 1 aliphatic heterocycles. The summed E-state index contributed by atoms with van der Waals surface area (Å²) in [4.78, 5) is 14.6. The quantitative estimate of drug-likeness (QED) is 0.932. The number of hydrogen-bond acceptors (Lipinski definition) is 2. The lowest BCUT2D eigenvalue weighted by atomic mass is 9.98. The van der Waals surface area contributed by atoms with Crippen molar-refractivity contribution in [1.29, 1.82) is 0 Å². The minimum atomic E-state index is 0.00999. The predicted octanol–water partition coefficient (Wildman–Crippen LogP) is 3.66. The van der Waals surface area contributed by atoms with Crippen LogP contribution in [0.2, 0.25) is 0 Å². The van der Waals surface area contributed by atoms with E-state index in [0.29, 0.717) is 6.54 Å². The van der Waals surface area contributed by atoms with Crippen LogP contribution in [0.3, 0.4) is 0 Å². The van der Waals surface area contributed by atoms with Gasteiger partial charge in [-0.2, -0.15) is 0 Å². The molecule has 1 heterocycles. The monoisotopic (exact) mass is 322 g/mol. The highest BCUT2D eigenvalue weighted by Gasteiger charge is 2.13. The van der Waals surface area contributed by atoms with Crippen LogP contribution in [0.4, 0.5) is 5.69 Å². The number of hydrogen-bond donors (Lipinski definition) is 1. The van der Waals surface area contributed by atoms with Crippen LogP contribution in [0.1, 0.15) is 39.0 Å². The molecular weight excluding hydrogens is 296 g/mol. The first kappa shape index (κ1) is 16.6. The fourth-order valence-corrected chi connectivity index (χ4v) is 3.30. The number of benzene rings is 2. The van der Waals surface area contributed by atoms with E-state index in [0.717, 1.165) is 30.5 Å². The molecule has 1 aliphatic rings. The lowest BCUT2D eigenvalue weighted by Gasteiger charge is -2.27. The van der Waals surface area contributed by atoms with Gasteiger partial charge in [-0.05, 0) is 73.6 Å². The zero-order valence-corrected chi connectivity index (χ0v) is 14.9. The Hall–Kier alpha value is -2.29. The topological polar surface area (TPSA) is 32.3 Å². The van der Waals surface area contributed by atoms with E-state index in [1.807, 2.05) is 25.1 Å². The number of rotatable bonds is 4. The van der Waals surface area contributed by atoms with Crippen molar-refractivity contribution in [3.05, 3.63) is 64.2 Å². The molecule has 3 nitrogen and oxygen atoms in total. The summed E-state index contributed by atoms with van der Waals surface area (Å²) < 4.78 is 0. The third-order valence-electron chi connectivity index (χ3n) is 4.96. The summed E-state index contributed by atoms with van der Waals surface area (Å²) in [6.07, 6.45) is 3.24. The molecule has 0 aliphatic carbocycles. The number of nitrogens with zero attached hydrogens (tertiary/aromatic N) is 1. The second-order valence-corrected chi connectivity index (χ2v) is 6.79. The molecule has 1 N–H and O–H groups in total. The maximum Gasteiger partial charge on any atom is 0.251 e. The maximum atomic E-state index is 12.3. The molecule has 0 radical (unpaired) electrons. The van der Waals surface area contributed by atoms with Crippen LogP contribution < -0.4 is 10.2 Å². The molecule has 0 aromatic heterocycles. The normalized spacial score (nSPS) is 13.5. The summed E-state index contributed by atoms with van der Waals surface area (Å²) in [5.41, 5.74) is 7.19. The van der Waals surface area contributed by atoms with Crippen molar-refractivity contribution >= 4 is 11.6 Å². The number of fused-ring (bicyclic) bond motifs is 1. The number of carbonyl (C=O) groups excluding carboxylic acids is 1. The van der Waals surface area contributed by atoms with Gasteiger partial charge in [0.05, 0.1) is 0 Å². The first-order chi connectivity index (χ1) is 11.5. The van der Waals surface area contributed by atoms with Gasteiger partial charge in [-0.1, -0.05) is 18.2 Å². The third-order valence-corrected chi connectivity index (χ3v) is 4.96. The first-order valence-electron chi connectivity index (χ1n) is 8.73. The van der Waals surface area contributed by atoms with Crippen LogP contribution in [-0.4, -0.2) is 26.0 Å². The van der Waals surface area contributed by atoms with Gasteiger partial charge in [0, 0.05) is 31.4 Å². The highest BCUT2D eigenvalue weighted by atomic mass is 16.1. The van der Waals surface area contributed by atoms with Crippen LogP contribution in [-0.2, 0) is 12.8 Å². The van der Waals surface area contributed by atoms with E-state index in [9.17, 15) is 4.79 Å². The van der Waals surface area contributed by atoms with Gasteiger partial charge in [0.2, 0.25) is 0 Å². The maximum absolute atomic E-state index is 12.3. The van der Waals surface area contributed by atoms with Crippen molar-refractivity contribution in [3.63, 3.8) is 0 Å². The zero-order chi connectivity index (χ0) is 17.1. The molecule has 0 fully saturated rings. The molecule has 0 atom stereocenters. The molecule has 2 aromatic carbocycles. The highest BCUT2D eigenvalue weighted by molar-refractivity contribution is 5.94. The summed E-state index contributed by atoms with van der Waals surface area (Å²) in [6, 6.07) is 12.6. The summed E-state index contributed by atoms with van der Waals surface area (Å²) >= 11 is 0. The van der Waals surface area contributed by atoms with Crippen LogP contribution in [0.5, 0.6) is 0 Å². The molecule has 0 saturated carbocycles. The number of carbonyl (C=O) groups is 1. The lowest BCUT2D eigenvalue weighted by Crippen LogP contribution is -2.26. The third kappa shape index (κ3) is 3.61. The van der Waals surface area contributed by atoms with Gasteiger partial charge in [0.25, 0.3) is 5.91 Å². The van der Waals surface area contributed by atoms with Gasteiger partial charge in [-0.25, -0.2) is 0 Å². The van der Waals surface area contributed by atoms with E-state index in [1.54, 1.807) is 0 Å². The largest absolute Gasteiger partial charge is 0.374 e. The van der Waals surface area contributed by atoms with Gasteiger partial charge in [0.15, 0.2) is 0 Å². The second kappa shape index (κ2) is 7.08. The summed E-state index contributed by atoms with van der Waals surface area (Å²) in [5, 5.41) is 3.03. The van der Waals surface area contributed by atoms with Crippen molar-refractivity contribution < 1.29 is 4.79 Å². The predicted molar refractivity (Wildman–Crippen MR) is 100.0 cm³/mol. The van der Waals surface area contributed by atoms with E-state index >= 15 is 0 Å². The van der Waals surface area contributed by atoms with E-state index in [2.05, 4.69) is 42.4 Å². The number of aryl methyl sites for hydroxylation is 3. The summed E-state index contributed by atoms with van der Waals surface area (Å²) in [7, 11) is 2.15. The Morgan fingerprint density at radius 3 is 2.75 bits per heavy atom. The number of amides is 1. The van der Waals surface area contributed by atoms with Gasteiger partial charge < -0.3 is 10.2 Å². The standard InChI is InChI=1S/C21H26N2O/c1-15-6-8-19(13-16(15)2)21(24)22-11-10-17-7-9-20-18(14-17)5-4-12-23(20)3/h6-9,13-14H,4-5,10-12H2,1-3H3,(H,22,24). The molecule has 3 heteroatoms. The van der Waals surface area contributed by atoms with E-state index < -0.39 is 0 Å². The van der Waals surface area contributed by atoms with Crippen LogP contribution >= 0.6 is 0 Å². The van der Waals surface area contributed by atoms with Gasteiger partial charge in [-0.15, -0.1) is 0 Å². The van der Waals surface area contributed by atoms with Crippen LogP contribution in [0.25, 0.3) is 0 Å². The number of anilines is 1. The Kier molecular flexibility index (Phi) is 4.89. The summed E-state index contributed by atoms with van der Waals surface area (Å²) in [5.74, 6) is 0.00999. The Balaban J connectivity index is 1.58. The van der Waals surface area contributed by atoms with E-state index in [1.165, 1.54) is 28.8 Å². The van der Waals surface area contributed by atoms with Gasteiger partial charge >= 0.3 is 0 Å². The van der Waals surface area contributed by atoms with Gasteiger partial charge in [-0.3, -0.25) is 4.79 Å². The SMILES string of the molecule is Cc1ccc(C(=O)NCCc2ccc3c(c2)CCCN3C)cc1C. The fourth-order valence-electron chi connectivity index (χ4n) is 3.30. The Labute approximate surface area is 144 Å². The Morgan fingerprint density at radius 1 is 1.12 bits per heavy atom. The Bertz CT molecular complexity index is 751. The molecule has 24 heavy (non-hydrogen) atoms. The van der Waals surface area contributed by atoms with Crippen molar-refractivity contribution in [2.75, 3.05) is 25.0 Å². The lowest BCUT2D eigenvalue weighted by molar-refractivity contribution is 0.0954. The highest BCUT2D eigenvalue weighted by Crippen LogP contribution is 2.26. The molecule has 0 spiro atoms. The van der Waals surface area contributed by atoms with Crippen molar-refractivity contribution in [2.24, 2.45) is 0 Å². The first-order valence-corrected chi connectivity index (χ1v) is 8.73. The molecular formula is C21H26N2O. The zero-order valence-electron chi connectivity index (χ0n) is 14.9. The minimum Gasteiger partial charge on any atom is -0.374 e. The number of nitrogens with one attached hydrogen (secondary N) is 1. The minimum absolute atomic E-state index is 0.00999. The molecule has 0 unspecified atom stereocenters. The molecule has 126 valence electrons. The van der Waals surface area contributed by atoms with Crippen molar-refractivity contribution in [1.82, 2.24) is 5.32 Å². The molecule has 0 saturated heterocycles. The average Bonchev–Trinajstić information content (AvgIpc) is 2.57. The van der Waals surface area contributed by atoms with E-state index in [-0.39, 0.29) is 5.91 Å². The average molecular weight is 322 g/mol. The van der Waals surface area contributed by atoms with Crippen molar-refractivity contribution in [3.8, 4) is 0 Å². The molecule has 0 bridgehead atoms. The fraction of sp³-hybridized carbons (Fsp3) is 0.381. The molecule has 1 amide bonds. The summed E-state index contributed by atoms with van der Waals surface area (Å²) in [6.45, 7) is 5.90. The van der Waals surface area contributed by atoms with Crippen LogP contribution in [0, 0.1) is 13.8 Å². The van der Waals surface area contributed by atoms with Crippen LogP contribution in [0.15, 0.2) is 36.4 Å². The van der Waals surface area contributed by atoms with Gasteiger partial charge in [0.1, 0.15) is 0 Å². The molecule has 2 aromatic rings. The second-order valence-electron chi connectivity index (χ2n) is 6.79.